The van der Waals surface area contributed by atoms with E-state index in [2.05, 4.69) is 15.9 Å². The molecule has 0 saturated heterocycles. The molecular weight excluding hydrogens is 310 g/mol. The summed E-state index contributed by atoms with van der Waals surface area (Å²) in [5, 5.41) is 19.3. The van der Waals surface area contributed by atoms with Crippen LogP contribution in [0.25, 0.3) is 0 Å². The molecule has 0 amide bonds. The first-order valence-corrected chi connectivity index (χ1v) is 5.48. The summed E-state index contributed by atoms with van der Waals surface area (Å²) in [7, 11) is 0. The monoisotopic (exact) mass is 317 g/mol. The maximum atomic E-state index is 10.8. The summed E-state index contributed by atoms with van der Waals surface area (Å²) >= 11 is 3.00. The van der Waals surface area contributed by atoms with E-state index in [9.17, 15) is 19.7 Å². The minimum absolute atomic E-state index is 0.0366. The van der Waals surface area contributed by atoms with E-state index in [-0.39, 0.29) is 21.5 Å². The number of carboxylic acid groups (broad SMARTS) is 1. The average molecular weight is 318 g/mol. The van der Waals surface area contributed by atoms with E-state index in [1.165, 1.54) is 6.92 Å². The number of carboxylic acids is 1. The molecule has 18 heavy (non-hydrogen) atoms. The van der Waals surface area contributed by atoms with Crippen LogP contribution in [0.2, 0.25) is 0 Å². The number of benzene rings is 1. The molecule has 0 fully saturated rings. The van der Waals surface area contributed by atoms with Gasteiger partial charge in [-0.25, -0.2) is 4.79 Å². The second kappa shape index (κ2) is 5.58. The summed E-state index contributed by atoms with van der Waals surface area (Å²) in [5.74, 6) is -1.25. The molecule has 0 aliphatic heterocycles. The Morgan fingerprint density at radius 1 is 1.61 bits per heavy atom. The highest BCUT2D eigenvalue weighted by atomic mass is 79.9. The fraction of sp³-hybridized carbons (Fsp3) is 0.200. The molecule has 1 atom stereocenters. The van der Waals surface area contributed by atoms with E-state index >= 15 is 0 Å². The maximum absolute atomic E-state index is 10.8. The summed E-state index contributed by atoms with van der Waals surface area (Å²) in [5.41, 5.74) is -0.386. The van der Waals surface area contributed by atoms with Gasteiger partial charge >= 0.3 is 5.97 Å². The molecule has 0 aliphatic rings. The largest absolute Gasteiger partial charge is 0.479 e. The molecule has 0 saturated carbocycles. The zero-order valence-corrected chi connectivity index (χ0v) is 10.7. The van der Waals surface area contributed by atoms with Crippen molar-refractivity contribution in [2.45, 2.75) is 13.0 Å². The number of nitro benzene ring substituents is 1. The van der Waals surface area contributed by atoms with Crippen LogP contribution in [0.4, 0.5) is 5.69 Å². The first-order valence-electron chi connectivity index (χ1n) is 4.69. The molecule has 0 aliphatic carbocycles. The Labute approximate surface area is 110 Å². The molecule has 7 nitrogen and oxygen atoms in total. The quantitative estimate of drug-likeness (QED) is 0.505. The second-order valence-electron chi connectivity index (χ2n) is 3.32. The van der Waals surface area contributed by atoms with Crippen LogP contribution in [0.3, 0.4) is 0 Å². The number of rotatable bonds is 5. The maximum Gasteiger partial charge on any atom is 0.344 e. The second-order valence-corrected chi connectivity index (χ2v) is 4.17. The van der Waals surface area contributed by atoms with Crippen molar-refractivity contribution in [3.05, 3.63) is 32.3 Å². The molecule has 0 bridgehead atoms. The van der Waals surface area contributed by atoms with Gasteiger partial charge in [0.25, 0.3) is 5.69 Å². The normalized spacial score (nSPS) is 11.7. The predicted octanol–water partition coefficient (Wildman–Crippen LogP) is 2.02. The first kappa shape index (κ1) is 14.1. The minimum Gasteiger partial charge on any atom is -0.479 e. The fourth-order valence-corrected chi connectivity index (χ4v) is 1.70. The number of ether oxygens (including phenoxy) is 1. The molecule has 1 rings (SSSR count). The SMILES string of the molecule is CC(Oc1c(Br)cc([N+](=O)[O-])cc1C=O)C(=O)O. The first-order chi connectivity index (χ1) is 8.36. The molecule has 8 heteroatoms. The molecule has 0 heterocycles. The van der Waals surface area contributed by atoms with Crippen molar-refractivity contribution < 1.29 is 24.4 Å². The summed E-state index contributed by atoms with van der Waals surface area (Å²) < 4.78 is 5.21. The van der Waals surface area contributed by atoms with Gasteiger partial charge in [0.15, 0.2) is 12.4 Å². The molecule has 1 aromatic rings. The van der Waals surface area contributed by atoms with Crippen LogP contribution < -0.4 is 4.74 Å². The van der Waals surface area contributed by atoms with Crippen LogP contribution in [-0.2, 0) is 4.79 Å². The lowest BCUT2D eigenvalue weighted by Crippen LogP contribution is -2.23. The topological polar surface area (TPSA) is 107 Å². The molecule has 0 spiro atoms. The third-order valence-corrected chi connectivity index (χ3v) is 2.63. The minimum atomic E-state index is -1.21. The third-order valence-electron chi connectivity index (χ3n) is 2.04. The Bertz CT molecular complexity index is 515. The standard InChI is InChI=1S/C10H8BrNO6/c1-5(10(14)15)18-9-6(4-13)2-7(12(16)17)3-8(9)11/h2-5H,1H3,(H,14,15). The molecular formula is C10H8BrNO6. The molecule has 0 radical (unpaired) electrons. The van der Waals surface area contributed by atoms with Gasteiger partial charge in [-0.3, -0.25) is 14.9 Å². The lowest BCUT2D eigenvalue weighted by atomic mass is 10.2. The number of nitrogens with zero attached hydrogens (tertiary/aromatic N) is 1. The molecule has 1 N–H and O–H groups in total. The number of nitro groups is 1. The van der Waals surface area contributed by atoms with Gasteiger partial charge in [0.2, 0.25) is 0 Å². The number of aldehydes is 1. The number of hydrogen-bond donors (Lipinski definition) is 1. The van der Waals surface area contributed by atoms with Crippen LogP contribution in [0.15, 0.2) is 16.6 Å². The van der Waals surface area contributed by atoms with Gasteiger partial charge in [0.1, 0.15) is 5.75 Å². The Kier molecular flexibility index (Phi) is 4.38. The van der Waals surface area contributed by atoms with Crippen LogP contribution in [-0.4, -0.2) is 28.4 Å². The molecule has 1 aromatic carbocycles. The zero-order chi connectivity index (χ0) is 13.9. The molecule has 96 valence electrons. The Morgan fingerprint density at radius 2 is 2.22 bits per heavy atom. The van der Waals surface area contributed by atoms with E-state index in [0.29, 0.717) is 6.29 Å². The third kappa shape index (κ3) is 3.04. The Hall–Kier alpha value is -1.96. The number of carbonyl (C=O) groups is 2. The van der Waals surface area contributed by atoms with E-state index in [1.807, 2.05) is 0 Å². The lowest BCUT2D eigenvalue weighted by molar-refractivity contribution is -0.385. The Balaban J connectivity index is 3.23. The summed E-state index contributed by atoms with van der Waals surface area (Å²) in [6.07, 6.45) is -0.816. The van der Waals surface area contributed by atoms with Crippen molar-refractivity contribution in [1.82, 2.24) is 0 Å². The molecule has 1 unspecified atom stereocenters. The number of non-ortho nitro benzene ring substituents is 1. The highest BCUT2D eigenvalue weighted by Crippen LogP contribution is 2.33. The van der Waals surface area contributed by atoms with Crippen LogP contribution >= 0.6 is 15.9 Å². The van der Waals surface area contributed by atoms with Gasteiger partial charge in [-0.1, -0.05) is 0 Å². The number of hydrogen-bond acceptors (Lipinski definition) is 5. The summed E-state index contributed by atoms with van der Waals surface area (Å²) in [6.45, 7) is 1.28. The number of halogens is 1. The van der Waals surface area contributed by atoms with Crippen LogP contribution in [0, 0.1) is 10.1 Å². The van der Waals surface area contributed by atoms with Gasteiger partial charge < -0.3 is 9.84 Å². The summed E-state index contributed by atoms with van der Waals surface area (Å²) in [6, 6.07) is 2.15. The highest BCUT2D eigenvalue weighted by molar-refractivity contribution is 9.10. The number of carbonyl (C=O) groups excluding carboxylic acids is 1. The van der Waals surface area contributed by atoms with Gasteiger partial charge in [-0.15, -0.1) is 0 Å². The van der Waals surface area contributed by atoms with Gasteiger partial charge in [0, 0.05) is 12.1 Å². The van der Waals surface area contributed by atoms with Crippen molar-refractivity contribution in [2.75, 3.05) is 0 Å². The summed E-state index contributed by atoms with van der Waals surface area (Å²) in [4.78, 5) is 31.4. The Morgan fingerprint density at radius 3 is 2.67 bits per heavy atom. The van der Waals surface area contributed by atoms with Gasteiger partial charge in [-0.2, -0.15) is 0 Å². The van der Waals surface area contributed by atoms with Gasteiger partial charge in [0.05, 0.1) is 15.0 Å². The van der Waals surface area contributed by atoms with Crippen molar-refractivity contribution in [2.24, 2.45) is 0 Å². The van der Waals surface area contributed by atoms with Crippen molar-refractivity contribution >= 4 is 33.9 Å². The highest BCUT2D eigenvalue weighted by Gasteiger charge is 2.20. The number of aliphatic carboxylic acids is 1. The van der Waals surface area contributed by atoms with E-state index < -0.39 is 17.0 Å². The van der Waals surface area contributed by atoms with E-state index in [4.69, 9.17) is 9.84 Å². The van der Waals surface area contributed by atoms with E-state index in [1.54, 1.807) is 0 Å². The van der Waals surface area contributed by atoms with Crippen molar-refractivity contribution in [1.29, 1.82) is 0 Å². The lowest BCUT2D eigenvalue weighted by Gasteiger charge is -2.13. The van der Waals surface area contributed by atoms with Crippen molar-refractivity contribution in [3.63, 3.8) is 0 Å². The predicted molar refractivity (Wildman–Crippen MR) is 63.9 cm³/mol. The van der Waals surface area contributed by atoms with Crippen LogP contribution in [0.5, 0.6) is 5.75 Å². The average Bonchev–Trinajstić information content (AvgIpc) is 2.30. The molecule has 0 aromatic heterocycles. The van der Waals surface area contributed by atoms with Crippen molar-refractivity contribution in [3.8, 4) is 5.75 Å². The zero-order valence-electron chi connectivity index (χ0n) is 9.12. The van der Waals surface area contributed by atoms with E-state index in [0.717, 1.165) is 12.1 Å². The van der Waals surface area contributed by atoms with Crippen LogP contribution in [0.1, 0.15) is 17.3 Å². The fourth-order valence-electron chi connectivity index (χ4n) is 1.14. The smallest absolute Gasteiger partial charge is 0.344 e. The van der Waals surface area contributed by atoms with Gasteiger partial charge in [-0.05, 0) is 22.9 Å².